The molecule has 2 heterocycles. The van der Waals surface area contributed by atoms with E-state index in [2.05, 4.69) is 13.8 Å². The van der Waals surface area contributed by atoms with Crippen molar-refractivity contribution in [2.24, 2.45) is 0 Å². The lowest BCUT2D eigenvalue weighted by molar-refractivity contribution is 0.596. The summed E-state index contributed by atoms with van der Waals surface area (Å²) in [6, 6.07) is 14.7. The van der Waals surface area contributed by atoms with E-state index < -0.39 is 9.84 Å². The maximum atomic E-state index is 12.8. The van der Waals surface area contributed by atoms with E-state index in [-0.39, 0.29) is 9.49 Å². The lowest BCUT2D eigenvalue weighted by Gasteiger charge is -2.11. The van der Waals surface area contributed by atoms with Crippen LogP contribution in [0.15, 0.2) is 58.3 Å². The molecule has 2 nitrogen and oxygen atoms in total. The van der Waals surface area contributed by atoms with Crippen LogP contribution in [0.3, 0.4) is 0 Å². The highest BCUT2D eigenvalue weighted by Crippen LogP contribution is 2.53. The lowest BCUT2D eigenvalue weighted by Crippen LogP contribution is -2.06. The van der Waals surface area contributed by atoms with E-state index >= 15 is 0 Å². The third-order valence-corrected chi connectivity index (χ3v) is 9.27. The lowest BCUT2D eigenvalue weighted by atomic mass is 10.0. The summed E-state index contributed by atoms with van der Waals surface area (Å²) in [6.07, 6.45) is 0. The normalized spacial score (nSPS) is 29.3. The van der Waals surface area contributed by atoms with Gasteiger partial charge in [-0.1, -0.05) is 24.3 Å². The van der Waals surface area contributed by atoms with Crippen LogP contribution in [0.1, 0.15) is 25.0 Å². The molecule has 120 valence electrons. The quantitative estimate of drug-likeness (QED) is 0.753. The van der Waals surface area contributed by atoms with Crippen LogP contribution in [0, 0.1) is 0 Å². The Bertz CT molecular complexity index is 777. The largest absolute Gasteiger partial charge is 0.219 e. The first-order valence-corrected chi connectivity index (χ1v) is 11.0. The molecule has 0 spiro atoms. The van der Waals surface area contributed by atoms with Crippen LogP contribution in [0.25, 0.3) is 0 Å². The molecule has 0 bridgehead atoms. The van der Waals surface area contributed by atoms with Gasteiger partial charge in [-0.3, -0.25) is 0 Å². The summed E-state index contributed by atoms with van der Waals surface area (Å²) in [5.41, 5.74) is 2.41. The molecular weight excluding hydrogens is 344 g/mol. The molecule has 2 fully saturated rings. The fourth-order valence-electron chi connectivity index (χ4n) is 2.66. The summed E-state index contributed by atoms with van der Waals surface area (Å²) in [6.45, 7) is 4.38. The summed E-state index contributed by atoms with van der Waals surface area (Å²) in [4.78, 5) is 0.741. The summed E-state index contributed by atoms with van der Waals surface area (Å²) < 4.78 is 25.9. The van der Waals surface area contributed by atoms with E-state index in [1.54, 1.807) is 24.3 Å². The molecule has 0 saturated carbocycles. The van der Waals surface area contributed by atoms with Crippen molar-refractivity contribution in [2.75, 3.05) is 11.5 Å². The molecule has 0 N–H and O–H groups in total. The molecule has 2 aliphatic rings. The smallest absolute Gasteiger partial charge is 0.206 e. The van der Waals surface area contributed by atoms with Gasteiger partial charge >= 0.3 is 0 Å². The number of rotatable bonds is 4. The average Bonchev–Trinajstić information content (AvgIpc) is 3.48. The van der Waals surface area contributed by atoms with Crippen LogP contribution in [-0.4, -0.2) is 19.9 Å². The Hall–Kier alpha value is -0.910. The maximum Gasteiger partial charge on any atom is 0.206 e. The fraction of sp³-hybridized carbons (Fsp3) is 0.333. The Morgan fingerprint density at radius 1 is 0.739 bits per heavy atom. The number of benzene rings is 2. The topological polar surface area (TPSA) is 34.1 Å². The summed E-state index contributed by atoms with van der Waals surface area (Å²) in [7, 11) is -3.44. The summed E-state index contributed by atoms with van der Waals surface area (Å²) in [5, 5.41) is 0. The van der Waals surface area contributed by atoms with Gasteiger partial charge in [0.15, 0.2) is 0 Å². The van der Waals surface area contributed by atoms with E-state index in [0.717, 1.165) is 11.5 Å². The van der Waals surface area contributed by atoms with Crippen LogP contribution < -0.4 is 0 Å². The minimum atomic E-state index is -3.44. The predicted octanol–water partition coefficient (Wildman–Crippen LogP) is 4.44. The maximum absolute atomic E-state index is 12.8. The van der Waals surface area contributed by atoms with Crippen molar-refractivity contribution in [3.8, 4) is 0 Å². The van der Waals surface area contributed by atoms with Crippen LogP contribution in [0.4, 0.5) is 0 Å². The second-order valence-electron chi connectivity index (χ2n) is 6.59. The molecule has 2 aliphatic heterocycles. The molecule has 4 rings (SSSR count). The average molecular weight is 363 g/mol. The Morgan fingerprint density at radius 2 is 1.04 bits per heavy atom. The van der Waals surface area contributed by atoms with Crippen LogP contribution in [0.2, 0.25) is 0 Å². The summed E-state index contributed by atoms with van der Waals surface area (Å²) >= 11 is 3.78. The SMILES string of the molecule is CC1(c2ccc(S(=O)(=O)c3ccc(C4(C)CS4)cc3)cc2)CS1. The molecule has 2 saturated heterocycles. The Kier molecular flexibility index (Phi) is 3.42. The van der Waals surface area contributed by atoms with Crippen LogP contribution in [0.5, 0.6) is 0 Å². The molecule has 2 unspecified atom stereocenters. The zero-order valence-corrected chi connectivity index (χ0v) is 15.5. The van der Waals surface area contributed by atoms with Crippen LogP contribution >= 0.6 is 23.5 Å². The second kappa shape index (κ2) is 5.04. The molecule has 2 atom stereocenters. The molecule has 2 aromatic rings. The van der Waals surface area contributed by atoms with Gasteiger partial charge < -0.3 is 0 Å². The zero-order chi connectivity index (χ0) is 16.3. The van der Waals surface area contributed by atoms with E-state index in [1.165, 1.54) is 11.1 Å². The molecule has 5 heteroatoms. The standard InChI is InChI=1S/C18H18O2S3/c1-17(11-21-17)13-3-7-15(8-4-13)23(19,20)16-9-5-14(6-10-16)18(2)12-22-18/h3-10H,11-12H2,1-2H3. The fourth-order valence-corrected chi connectivity index (χ4v) is 5.29. The molecule has 2 aromatic carbocycles. The molecule has 0 aliphatic carbocycles. The van der Waals surface area contributed by atoms with Crippen molar-refractivity contribution in [2.45, 2.75) is 33.1 Å². The Morgan fingerprint density at radius 3 is 1.30 bits per heavy atom. The molecular formula is C18H18O2S3. The number of sulfone groups is 1. The summed E-state index contributed by atoms with van der Waals surface area (Å²) in [5.74, 6) is 2.22. The number of thioether (sulfide) groups is 2. The molecule has 23 heavy (non-hydrogen) atoms. The first-order chi connectivity index (χ1) is 10.8. The predicted molar refractivity (Wildman–Crippen MR) is 98.0 cm³/mol. The van der Waals surface area contributed by atoms with Crippen molar-refractivity contribution in [3.05, 3.63) is 59.7 Å². The van der Waals surface area contributed by atoms with Crippen molar-refractivity contribution in [3.63, 3.8) is 0 Å². The minimum Gasteiger partial charge on any atom is -0.219 e. The first-order valence-electron chi connectivity index (χ1n) is 7.58. The highest BCUT2D eigenvalue weighted by atomic mass is 32.2. The van der Waals surface area contributed by atoms with Gasteiger partial charge in [0.1, 0.15) is 0 Å². The first kappa shape index (κ1) is 15.6. The monoisotopic (exact) mass is 362 g/mol. The van der Waals surface area contributed by atoms with Crippen LogP contribution in [-0.2, 0) is 19.3 Å². The Labute approximate surface area is 146 Å². The van der Waals surface area contributed by atoms with Gasteiger partial charge in [0.05, 0.1) is 9.79 Å². The van der Waals surface area contributed by atoms with Crippen molar-refractivity contribution in [1.29, 1.82) is 0 Å². The van der Waals surface area contributed by atoms with Gasteiger partial charge in [0.25, 0.3) is 0 Å². The van der Waals surface area contributed by atoms with Gasteiger partial charge in [-0.25, -0.2) is 8.42 Å². The van der Waals surface area contributed by atoms with Gasteiger partial charge in [-0.2, -0.15) is 0 Å². The zero-order valence-electron chi connectivity index (χ0n) is 13.1. The number of hydrogen-bond acceptors (Lipinski definition) is 4. The molecule has 0 radical (unpaired) electrons. The minimum absolute atomic E-state index is 0.182. The van der Waals surface area contributed by atoms with Crippen molar-refractivity contribution in [1.82, 2.24) is 0 Å². The van der Waals surface area contributed by atoms with Gasteiger partial charge in [0, 0.05) is 21.0 Å². The van der Waals surface area contributed by atoms with E-state index in [9.17, 15) is 8.42 Å². The van der Waals surface area contributed by atoms with E-state index in [1.807, 2.05) is 47.8 Å². The highest BCUT2D eigenvalue weighted by Gasteiger charge is 2.41. The van der Waals surface area contributed by atoms with Gasteiger partial charge in [0.2, 0.25) is 9.84 Å². The van der Waals surface area contributed by atoms with E-state index in [0.29, 0.717) is 9.79 Å². The Balaban J connectivity index is 1.64. The highest BCUT2D eigenvalue weighted by molar-refractivity contribution is 8.07. The second-order valence-corrected chi connectivity index (χ2v) is 11.5. The third-order valence-electron chi connectivity index (χ3n) is 4.71. The van der Waals surface area contributed by atoms with Gasteiger partial charge in [-0.15, -0.1) is 23.5 Å². The third kappa shape index (κ3) is 2.73. The number of hydrogen-bond donors (Lipinski definition) is 0. The van der Waals surface area contributed by atoms with Gasteiger partial charge in [-0.05, 0) is 49.2 Å². The van der Waals surface area contributed by atoms with E-state index in [4.69, 9.17) is 0 Å². The van der Waals surface area contributed by atoms with Crippen molar-refractivity contribution < 1.29 is 8.42 Å². The van der Waals surface area contributed by atoms with Crippen molar-refractivity contribution >= 4 is 33.4 Å². The molecule has 0 aromatic heterocycles. The molecule has 0 amide bonds.